The van der Waals surface area contributed by atoms with E-state index in [4.69, 9.17) is 5.73 Å². The summed E-state index contributed by atoms with van der Waals surface area (Å²) in [5.41, 5.74) is 8.56. The van der Waals surface area contributed by atoms with Crippen LogP contribution in [0.3, 0.4) is 0 Å². The second-order valence-electron chi connectivity index (χ2n) is 5.17. The second-order valence-corrected chi connectivity index (χ2v) is 5.17. The molecule has 0 aliphatic heterocycles. The lowest BCUT2D eigenvalue weighted by Crippen LogP contribution is -2.10. The summed E-state index contributed by atoms with van der Waals surface area (Å²) in [6, 6.07) is 6.50. The molecular formula is C13H18N2. The molecule has 2 aromatic rings. The summed E-state index contributed by atoms with van der Waals surface area (Å²) in [6.07, 6.45) is 0. The van der Waals surface area contributed by atoms with Gasteiger partial charge in [0.1, 0.15) is 5.82 Å². The van der Waals surface area contributed by atoms with E-state index in [1.165, 1.54) is 10.9 Å². The molecule has 1 aromatic carbocycles. The molecule has 0 saturated heterocycles. The van der Waals surface area contributed by atoms with E-state index < -0.39 is 0 Å². The zero-order chi connectivity index (χ0) is 11.2. The molecule has 0 aliphatic carbocycles. The monoisotopic (exact) mass is 202 g/mol. The third-order valence-electron chi connectivity index (χ3n) is 2.90. The summed E-state index contributed by atoms with van der Waals surface area (Å²) < 4.78 is 0. The van der Waals surface area contributed by atoms with Crippen molar-refractivity contribution in [1.29, 1.82) is 0 Å². The van der Waals surface area contributed by atoms with Crippen LogP contribution in [0.15, 0.2) is 18.2 Å². The largest absolute Gasteiger partial charge is 0.385 e. The predicted molar refractivity (Wildman–Crippen MR) is 66.1 cm³/mol. The Hall–Kier alpha value is -1.44. The molecule has 0 fully saturated rings. The summed E-state index contributed by atoms with van der Waals surface area (Å²) in [4.78, 5) is 3.17. The minimum Gasteiger partial charge on any atom is -0.385 e. The Bertz CT molecular complexity index is 501. The molecule has 15 heavy (non-hydrogen) atoms. The van der Waals surface area contributed by atoms with Gasteiger partial charge in [-0.15, -0.1) is 0 Å². The molecule has 2 nitrogen and oxygen atoms in total. The molecule has 0 amide bonds. The molecule has 0 bridgehead atoms. The normalized spacial score (nSPS) is 12.3. The first kappa shape index (κ1) is 10.1. The van der Waals surface area contributed by atoms with Crippen LogP contribution in [0.1, 0.15) is 32.0 Å². The van der Waals surface area contributed by atoms with E-state index in [2.05, 4.69) is 50.9 Å². The topological polar surface area (TPSA) is 41.8 Å². The minimum absolute atomic E-state index is 0.187. The Morgan fingerprint density at radius 3 is 2.40 bits per heavy atom. The molecule has 0 radical (unpaired) electrons. The average molecular weight is 202 g/mol. The number of rotatable bonds is 0. The van der Waals surface area contributed by atoms with Gasteiger partial charge in [0, 0.05) is 16.5 Å². The number of nitrogens with one attached hydrogen (secondary N) is 1. The first-order chi connectivity index (χ1) is 6.89. The highest BCUT2D eigenvalue weighted by atomic mass is 14.8. The molecule has 0 unspecified atom stereocenters. The van der Waals surface area contributed by atoms with Crippen molar-refractivity contribution in [3.8, 4) is 0 Å². The van der Waals surface area contributed by atoms with Gasteiger partial charge in [-0.1, -0.05) is 32.9 Å². The van der Waals surface area contributed by atoms with E-state index in [0.29, 0.717) is 0 Å². The van der Waals surface area contributed by atoms with Crippen molar-refractivity contribution in [1.82, 2.24) is 4.98 Å². The van der Waals surface area contributed by atoms with Crippen LogP contribution in [0.2, 0.25) is 0 Å². The van der Waals surface area contributed by atoms with Gasteiger partial charge in [-0.3, -0.25) is 0 Å². The number of fused-ring (bicyclic) bond motifs is 1. The minimum atomic E-state index is 0.187. The predicted octanol–water partition coefficient (Wildman–Crippen LogP) is 3.36. The lowest BCUT2D eigenvalue weighted by atomic mass is 9.86. The quantitative estimate of drug-likeness (QED) is 0.675. The second kappa shape index (κ2) is 3.02. The van der Waals surface area contributed by atoms with Gasteiger partial charge in [-0.25, -0.2) is 0 Å². The van der Waals surface area contributed by atoms with Crippen LogP contribution in [0.4, 0.5) is 5.82 Å². The molecule has 1 aromatic heterocycles. The number of H-pyrrole nitrogens is 1. The summed E-state index contributed by atoms with van der Waals surface area (Å²) >= 11 is 0. The maximum absolute atomic E-state index is 5.88. The zero-order valence-corrected chi connectivity index (χ0v) is 9.81. The molecule has 0 saturated carbocycles. The summed E-state index contributed by atoms with van der Waals surface area (Å²) in [5.74, 6) is 0.767. The van der Waals surface area contributed by atoms with Gasteiger partial charge in [0.25, 0.3) is 0 Å². The van der Waals surface area contributed by atoms with E-state index in [1.54, 1.807) is 0 Å². The number of nitrogens with two attached hydrogens (primary N) is 1. The Morgan fingerprint density at radius 2 is 1.80 bits per heavy atom. The molecule has 2 heteroatoms. The van der Waals surface area contributed by atoms with Crippen LogP contribution in [0, 0.1) is 6.92 Å². The van der Waals surface area contributed by atoms with E-state index in [1.807, 2.05) is 0 Å². The van der Waals surface area contributed by atoms with Crippen molar-refractivity contribution >= 4 is 16.6 Å². The van der Waals surface area contributed by atoms with Crippen LogP contribution in [0.5, 0.6) is 0 Å². The number of anilines is 1. The van der Waals surface area contributed by atoms with E-state index in [0.717, 1.165) is 16.9 Å². The molecule has 3 N–H and O–H groups in total. The number of benzene rings is 1. The van der Waals surface area contributed by atoms with Crippen molar-refractivity contribution in [2.24, 2.45) is 0 Å². The molecule has 1 heterocycles. The maximum atomic E-state index is 5.88. The van der Waals surface area contributed by atoms with E-state index in [9.17, 15) is 0 Å². The maximum Gasteiger partial charge on any atom is 0.108 e. The fourth-order valence-electron chi connectivity index (χ4n) is 1.89. The van der Waals surface area contributed by atoms with Crippen molar-refractivity contribution < 1.29 is 0 Å². The van der Waals surface area contributed by atoms with Crippen molar-refractivity contribution in [3.05, 3.63) is 29.5 Å². The van der Waals surface area contributed by atoms with Gasteiger partial charge in [0.15, 0.2) is 0 Å². The fourth-order valence-corrected chi connectivity index (χ4v) is 1.89. The van der Waals surface area contributed by atoms with Crippen LogP contribution >= 0.6 is 0 Å². The van der Waals surface area contributed by atoms with Gasteiger partial charge in [0.2, 0.25) is 0 Å². The zero-order valence-electron chi connectivity index (χ0n) is 9.81. The highest BCUT2D eigenvalue weighted by Crippen LogP contribution is 2.30. The van der Waals surface area contributed by atoms with Crippen LogP contribution in [0.25, 0.3) is 10.8 Å². The highest BCUT2D eigenvalue weighted by molar-refractivity contribution is 5.94. The molecule has 0 aliphatic rings. The lowest BCUT2D eigenvalue weighted by Gasteiger charge is -2.19. The Kier molecular flexibility index (Phi) is 2.03. The Balaban J connectivity index is 2.71. The SMILES string of the molecule is Cc1[nH]c(N)c2ccc(C(C)(C)C)cc12. The van der Waals surface area contributed by atoms with Crippen LogP contribution < -0.4 is 5.73 Å². The van der Waals surface area contributed by atoms with Crippen LogP contribution in [-0.4, -0.2) is 4.98 Å². The summed E-state index contributed by atoms with van der Waals surface area (Å²) in [7, 11) is 0. The summed E-state index contributed by atoms with van der Waals surface area (Å²) in [6.45, 7) is 8.73. The molecule has 2 rings (SSSR count). The average Bonchev–Trinajstić information content (AvgIpc) is 2.41. The van der Waals surface area contributed by atoms with E-state index in [-0.39, 0.29) is 5.41 Å². The van der Waals surface area contributed by atoms with E-state index >= 15 is 0 Å². The van der Waals surface area contributed by atoms with Gasteiger partial charge in [-0.2, -0.15) is 0 Å². The first-order valence-electron chi connectivity index (χ1n) is 5.28. The number of hydrogen-bond donors (Lipinski definition) is 2. The number of aromatic amines is 1. The molecule has 80 valence electrons. The summed E-state index contributed by atoms with van der Waals surface area (Å²) in [5, 5.41) is 2.36. The van der Waals surface area contributed by atoms with Crippen molar-refractivity contribution in [3.63, 3.8) is 0 Å². The number of nitrogen functional groups attached to an aromatic ring is 1. The van der Waals surface area contributed by atoms with Gasteiger partial charge in [-0.05, 0) is 24.0 Å². The lowest BCUT2D eigenvalue weighted by molar-refractivity contribution is 0.591. The smallest absolute Gasteiger partial charge is 0.108 e. The van der Waals surface area contributed by atoms with Gasteiger partial charge in [0.05, 0.1) is 0 Å². The Labute approximate surface area is 90.5 Å². The standard InChI is InChI=1S/C13H18N2/c1-8-11-7-9(13(2,3)4)5-6-10(11)12(14)15-8/h5-7,15H,14H2,1-4H3. The third-order valence-corrected chi connectivity index (χ3v) is 2.90. The third kappa shape index (κ3) is 1.60. The van der Waals surface area contributed by atoms with Gasteiger partial charge >= 0.3 is 0 Å². The molecular weight excluding hydrogens is 184 g/mol. The van der Waals surface area contributed by atoms with Gasteiger partial charge < -0.3 is 10.7 Å². The number of aromatic nitrogens is 1. The van der Waals surface area contributed by atoms with Crippen molar-refractivity contribution in [2.45, 2.75) is 33.1 Å². The van der Waals surface area contributed by atoms with Crippen molar-refractivity contribution in [2.75, 3.05) is 5.73 Å². The number of hydrogen-bond acceptors (Lipinski definition) is 1. The number of aryl methyl sites for hydroxylation is 1. The molecule has 0 spiro atoms. The molecule has 0 atom stereocenters. The van der Waals surface area contributed by atoms with Crippen LogP contribution in [-0.2, 0) is 5.41 Å². The highest BCUT2D eigenvalue weighted by Gasteiger charge is 2.15. The fraction of sp³-hybridized carbons (Fsp3) is 0.385. The Morgan fingerprint density at radius 1 is 1.13 bits per heavy atom. The first-order valence-corrected chi connectivity index (χ1v) is 5.28.